The standard InChI is InChI=1S/C18H12N12O6/c19-12(31)2-1-4-3(7(13(20)32)28-18(27-4)17(24)36)5-9(6(1)29-30-8(2)14(21)33)26-11(16(23)35)10(25-5)15(22)34/h(H2,19,31)(H2,20,32)(H2,21,33)(H2,22,34)(H2,23,35)(H2,24,36). The molecule has 4 aromatic rings. The topological polar surface area (TPSA) is 336 Å². The van der Waals surface area contributed by atoms with Crippen molar-refractivity contribution < 1.29 is 28.8 Å². The van der Waals surface area contributed by atoms with Crippen LogP contribution in [0.25, 0.3) is 32.8 Å². The van der Waals surface area contributed by atoms with Gasteiger partial charge in [-0.3, -0.25) is 28.8 Å². The number of nitrogens with two attached hydrogens (primary N) is 6. The van der Waals surface area contributed by atoms with Crippen molar-refractivity contribution in [1.29, 1.82) is 0 Å². The first kappa shape index (κ1) is 23.2. The lowest BCUT2D eigenvalue weighted by molar-refractivity contribution is 0.0960. The molecule has 12 N–H and O–H groups in total. The van der Waals surface area contributed by atoms with Gasteiger partial charge in [-0.05, 0) is 0 Å². The Morgan fingerprint density at radius 2 is 0.944 bits per heavy atom. The van der Waals surface area contributed by atoms with Crippen molar-refractivity contribution in [3.63, 3.8) is 0 Å². The van der Waals surface area contributed by atoms with E-state index in [0.29, 0.717) is 0 Å². The lowest BCUT2D eigenvalue weighted by atomic mass is 9.99. The van der Waals surface area contributed by atoms with Crippen LogP contribution in [0.4, 0.5) is 0 Å². The molecule has 0 unspecified atom stereocenters. The van der Waals surface area contributed by atoms with Gasteiger partial charge in [0.05, 0.1) is 16.5 Å². The molecule has 180 valence electrons. The highest BCUT2D eigenvalue weighted by molar-refractivity contribution is 6.30. The highest BCUT2D eigenvalue weighted by atomic mass is 16.2. The Hall–Kier alpha value is -5.94. The summed E-state index contributed by atoms with van der Waals surface area (Å²) in [4.78, 5) is 88.3. The summed E-state index contributed by atoms with van der Waals surface area (Å²) in [6.45, 7) is 0. The van der Waals surface area contributed by atoms with Crippen LogP contribution in [-0.4, -0.2) is 65.6 Å². The molecule has 0 aliphatic heterocycles. The van der Waals surface area contributed by atoms with E-state index in [-0.39, 0.29) is 21.9 Å². The molecule has 3 aromatic heterocycles. The summed E-state index contributed by atoms with van der Waals surface area (Å²) >= 11 is 0. The van der Waals surface area contributed by atoms with Crippen molar-refractivity contribution in [3.05, 3.63) is 34.2 Å². The third kappa shape index (κ3) is 3.29. The number of fused-ring (bicyclic) bond motifs is 6. The van der Waals surface area contributed by atoms with Crippen LogP contribution in [0.3, 0.4) is 0 Å². The Bertz CT molecular complexity index is 1750. The van der Waals surface area contributed by atoms with Gasteiger partial charge in [-0.15, -0.1) is 10.2 Å². The Morgan fingerprint density at radius 1 is 0.417 bits per heavy atom. The van der Waals surface area contributed by atoms with Gasteiger partial charge in [0.1, 0.15) is 22.2 Å². The van der Waals surface area contributed by atoms with E-state index < -0.39 is 80.5 Å². The number of aromatic nitrogens is 6. The summed E-state index contributed by atoms with van der Waals surface area (Å²) in [6.07, 6.45) is 0. The summed E-state index contributed by atoms with van der Waals surface area (Å²) in [7, 11) is 0. The Morgan fingerprint density at radius 3 is 1.42 bits per heavy atom. The number of rotatable bonds is 6. The van der Waals surface area contributed by atoms with Crippen LogP contribution in [0.15, 0.2) is 0 Å². The van der Waals surface area contributed by atoms with Crippen LogP contribution in [0.2, 0.25) is 0 Å². The van der Waals surface area contributed by atoms with E-state index in [4.69, 9.17) is 34.4 Å². The average molecular weight is 492 g/mol. The highest BCUT2D eigenvalue weighted by Gasteiger charge is 2.30. The van der Waals surface area contributed by atoms with Crippen LogP contribution in [-0.2, 0) is 0 Å². The van der Waals surface area contributed by atoms with Gasteiger partial charge in [0, 0.05) is 5.39 Å². The molecule has 0 spiro atoms. The smallest absolute Gasteiger partial charge is 0.286 e. The van der Waals surface area contributed by atoms with Gasteiger partial charge >= 0.3 is 0 Å². The zero-order chi connectivity index (χ0) is 26.6. The van der Waals surface area contributed by atoms with Gasteiger partial charge in [-0.1, -0.05) is 0 Å². The molecule has 6 amide bonds. The minimum atomic E-state index is -1.25. The Labute approximate surface area is 196 Å². The van der Waals surface area contributed by atoms with Crippen molar-refractivity contribution in [2.24, 2.45) is 34.4 Å². The number of amides is 6. The number of hydrogen-bond acceptors (Lipinski definition) is 12. The molecule has 0 atom stereocenters. The number of carbonyl (C=O) groups is 6. The number of primary amides is 6. The number of carbonyl (C=O) groups excluding carboxylic acids is 6. The normalized spacial score (nSPS) is 11.0. The summed E-state index contributed by atoms with van der Waals surface area (Å²) in [5.41, 5.74) is 27.2. The quantitative estimate of drug-likeness (QED) is 0.141. The fourth-order valence-corrected chi connectivity index (χ4v) is 3.52. The molecule has 0 bridgehead atoms. The first-order valence-corrected chi connectivity index (χ1v) is 9.39. The second-order valence-corrected chi connectivity index (χ2v) is 7.07. The molecule has 0 radical (unpaired) electrons. The first-order chi connectivity index (χ1) is 16.8. The molecule has 0 saturated heterocycles. The molecular weight excluding hydrogens is 480 g/mol. The second-order valence-electron chi connectivity index (χ2n) is 7.07. The Kier molecular flexibility index (Phi) is 5.05. The summed E-state index contributed by atoms with van der Waals surface area (Å²) in [5, 5.41) is 6.66. The molecule has 0 aliphatic carbocycles. The molecule has 0 saturated carbocycles. The molecule has 18 heteroatoms. The van der Waals surface area contributed by atoms with Gasteiger partial charge in [0.15, 0.2) is 17.1 Å². The predicted molar refractivity (Wildman–Crippen MR) is 117 cm³/mol. The molecule has 0 aliphatic rings. The van der Waals surface area contributed by atoms with Gasteiger partial charge in [-0.25, -0.2) is 19.9 Å². The highest BCUT2D eigenvalue weighted by Crippen LogP contribution is 2.35. The van der Waals surface area contributed by atoms with Crippen molar-refractivity contribution in [1.82, 2.24) is 30.1 Å². The monoisotopic (exact) mass is 492 g/mol. The minimum absolute atomic E-state index is 0.369. The van der Waals surface area contributed by atoms with E-state index in [1.165, 1.54) is 0 Å². The predicted octanol–water partition coefficient (Wildman–Crippen LogP) is -3.89. The third-order valence-corrected chi connectivity index (χ3v) is 4.88. The van der Waals surface area contributed by atoms with Crippen molar-refractivity contribution in [2.45, 2.75) is 0 Å². The summed E-state index contributed by atoms with van der Waals surface area (Å²) in [6, 6.07) is 0. The number of nitrogens with zero attached hydrogens (tertiary/aromatic N) is 6. The molecule has 1 aromatic carbocycles. The Balaban J connectivity index is 2.51. The van der Waals surface area contributed by atoms with E-state index in [2.05, 4.69) is 30.1 Å². The zero-order valence-corrected chi connectivity index (χ0v) is 17.6. The molecule has 4 rings (SSSR count). The largest absolute Gasteiger partial charge is 0.366 e. The van der Waals surface area contributed by atoms with E-state index in [1.807, 2.05) is 0 Å². The number of hydrogen-bond donors (Lipinski definition) is 6. The van der Waals surface area contributed by atoms with Crippen molar-refractivity contribution >= 4 is 68.3 Å². The van der Waals surface area contributed by atoms with Gasteiger partial charge in [0.2, 0.25) is 5.82 Å². The average Bonchev–Trinajstić information content (AvgIpc) is 2.81. The lowest BCUT2D eigenvalue weighted by Gasteiger charge is -2.14. The molecule has 36 heavy (non-hydrogen) atoms. The maximum Gasteiger partial charge on any atom is 0.286 e. The van der Waals surface area contributed by atoms with Crippen LogP contribution in [0.1, 0.15) is 62.9 Å². The van der Waals surface area contributed by atoms with Crippen LogP contribution < -0.4 is 34.4 Å². The maximum absolute atomic E-state index is 12.4. The van der Waals surface area contributed by atoms with Gasteiger partial charge in [0.25, 0.3) is 35.4 Å². The van der Waals surface area contributed by atoms with Crippen LogP contribution in [0.5, 0.6) is 0 Å². The van der Waals surface area contributed by atoms with E-state index in [9.17, 15) is 28.8 Å². The summed E-state index contributed by atoms with van der Waals surface area (Å²) in [5.74, 6) is -8.10. The summed E-state index contributed by atoms with van der Waals surface area (Å²) < 4.78 is 0. The zero-order valence-electron chi connectivity index (χ0n) is 17.6. The van der Waals surface area contributed by atoms with Gasteiger partial charge < -0.3 is 34.4 Å². The van der Waals surface area contributed by atoms with E-state index in [1.54, 1.807) is 0 Å². The molecule has 3 heterocycles. The van der Waals surface area contributed by atoms with Gasteiger partial charge in [-0.2, -0.15) is 0 Å². The maximum atomic E-state index is 12.4. The second kappa shape index (κ2) is 7.83. The third-order valence-electron chi connectivity index (χ3n) is 4.88. The van der Waals surface area contributed by atoms with E-state index >= 15 is 0 Å². The molecule has 18 nitrogen and oxygen atoms in total. The first-order valence-electron chi connectivity index (χ1n) is 9.39. The van der Waals surface area contributed by atoms with Crippen molar-refractivity contribution in [2.75, 3.05) is 0 Å². The lowest BCUT2D eigenvalue weighted by Crippen LogP contribution is -2.26. The SMILES string of the molecule is NC(=O)c1nc(C(N)=O)c2c3nc(C(N)=O)c(C(N)=O)nc3c3nnc(C(N)=O)c(C(N)=O)c3c2n1. The molecular formula is C18H12N12O6. The minimum Gasteiger partial charge on any atom is -0.366 e. The van der Waals surface area contributed by atoms with E-state index in [0.717, 1.165) is 0 Å². The fourth-order valence-electron chi connectivity index (χ4n) is 3.52. The number of benzene rings is 1. The van der Waals surface area contributed by atoms with Crippen molar-refractivity contribution in [3.8, 4) is 0 Å². The fraction of sp³-hybridized carbons (Fsp3) is 0. The van der Waals surface area contributed by atoms with Crippen LogP contribution in [0, 0.1) is 0 Å². The van der Waals surface area contributed by atoms with Crippen LogP contribution >= 0.6 is 0 Å². The molecule has 0 fully saturated rings.